The van der Waals surface area contributed by atoms with Gasteiger partial charge in [0.1, 0.15) is 23.6 Å². The Kier molecular flexibility index (Phi) is 6.86. The molecule has 0 saturated carbocycles. The molecule has 4 aromatic rings. The largest absolute Gasteiger partial charge is 0.507 e. The molecule has 0 amide bonds. The van der Waals surface area contributed by atoms with Gasteiger partial charge in [0.15, 0.2) is 19.7 Å². The fourth-order valence-corrected chi connectivity index (χ4v) is 7.69. The lowest BCUT2D eigenvalue weighted by molar-refractivity contribution is -0.139. The summed E-state index contributed by atoms with van der Waals surface area (Å²) in [6, 6.07) is 4.77. The summed E-state index contributed by atoms with van der Waals surface area (Å²) >= 11 is 0. The number of sulfone groups is 2. The molecule has 0 saturated heterocycles. The van der Waals surface area contributed by atoms with Crippen LogP contribution in [0.4, 0.5) is 0 Å². The molecule has 0 radical (unpaired) electrons. The van der Waals surface area contributed by atoms with Crippen molar-refractivity contribution >= 4 is 63.9 Å². The first-order chi connectivity index (χ1) is 17.7. The molecule has 0 aliphatic heterocycles. The van der Waals surface area contributed by atoms with Gasteiger partial charge in [0.2, 0.25) is 0 Å². The SMILES string of the molecule is NC(CCS(=O)(=O)c1cc(S(=O)(=O)CCC(N)C(=O)O)c2ccc3c(O)cc(O)c4ccc1c2c43)C(=O)O. The minimum Gasteiger partial charge on any atom is -0.507 e. The Bertz CT molecular complexity index is 1690. The Morgan fingerprint density at radius 2 is 1.00 bits per heavy atom. The predicted octanol–water partition coefficient (Wildman–Crippen LogP) is 1.15. The fraction of sp³-hybridized carbons (Fsp3) is 0.250. The van der Waals surface area contributed by atoms with Crippen molar-refractivity contribution < 1.29 is 46.9 Å². The summed E-state index contributed by atoms with van der Waals surface area (Å²) in [6.45, 7) is 0. The van der Waals surface area contributed by atoms with E-state index in [1.54, 1.807) is 0 Å². The highest BCUT2D eigenvalue weighted by Gasteiger charge is 2.29. The third kappa shape index (κ3) is 4.67. The maximum Gasteiger partial charge on any atom is 0.320 e. The smallest absolute Gasteiger partial charge is 0.320 e. The van der Waals surface area contributed by atoms with Gasteiger partial charge in [-0.05, 0) is 31.0 Å². The number of carbonyl (C=O) groups is 2. The molecular weight excluding hydrogens is 540 g/mol. The highest BCUT2D eigenvalue weighted by molar-refractivity contribution is 7.92. The van der Waals surface area contributed by atoms with Gasteiger partial charge >= 0.3 is 11.9 Å². The van der Waals surface area contributed by atoms with Crippen LogP contribution in [0.5, 0.6) is 11.5 Å². The zero-order valence-corrected chi connectivity index (χ0v) is 21.3. The summed E-state index contributed by atoms with van der Waals surface area (Å²) in [6.07, 6.45) is -0.895. The van der Waals surface area contributed by atoms with E-state index in [2.05, 4.69) is 0 Å². The van der Waals surface area contributed by atoms with Gasteiger partial charge < -0.3 is 31.9 Å². The van der Waals surface area contributed by atoms with Gasteiger partial charge in [-0.15, -0.1) is 0 Å². The number of phenols is 2. The summed E-state index contributed by atoms with van der Waals surface area (Å²) in [4.78, 5) is 21.4. The number of phenolic OH excluding ortho intramolecular Hbond substituents is 2. The third-order valence-electron chi connectivity index (χ3n) is 6.48. The molecule has 4 rings (SSSR count). The predicted molar refractivity (Wildman–Crippen MR) is 138 cm³/mol. The Labute approximate surface area is 216 Å². The second kappa shape index (κ2) is 9.54. The maximum absolute atomic E-state index is 13.4. The zero-order valence-electron chi connectivity index (χ0n) is 19.7. The van der Waals surface area contributed by atoms with E-state index in [-0.39, 0.29) is 43.8 Å². The molecule has 38 heavy (non-hydrogen) atoms. The van der Waals surface area contributed by atoms with Gasteiger partial charge in [-0.3, -0.25) is 9.59 Å². The fourth-order valence-electron chi connectivity index (χ4n) is 4.44. The highest BCUT2D eigenvalue weighted by atomic mass is 32.2. The first-order valence-electron chi connectivity index (χ1n) is 11.2. The summed E-state index contributed by atoms with van der Waals surface area (Å²) in [5.41, 5.74) is 11.0. The number of benzene rings is 4. The van der Waals surface area contributed by atoms with Crippen LogP contribution in [0.1, 0.15) is 12.8 Å². The number of carboxylic acid groups (broad SMARTS) is 2. The van der Waals surface area contributed by atoms with Crippen molar-refractivity contribution in [2.75, 3.05) is 11.5 Å². The van der Waals surface area contributed by atoms with Crippen LogP contribution in [0, 0.1) is 0 Å². The molecule has 0 aliphatic carbocycles. The summed E-state index contributed by atoms with van der Waals surface area (Å²) in [7, 11) is -8.63. The van der Waals surface area contributed by atoms with E-state index in [0.29, 0.717) is 0 Å². The number of rotatable bonds is 10. The van der Waals surface area contributed by atoms with Crippen LogP contribution in [-0.4, -0.2) is 72.8 Å². The maximum atomic E-state index is 13.4. The van der Waals surface area contributed by atoms with Gasteiger partial charge in [-0.1, -0.05) is 12.1 Å². The third-order valence-corrected chi connectivity index (χ3v) is 10.0. The van der Waals surface area contributed by atoms with Crippen molar-refractivity contribution in [3.8, 4) is 11.5 Å². The van der Waals surface area contributed by atoms with Crippen molar-refractivity contribution in [3.63, 3.8) is 0 Å². The molecule has 0 heterocycles. The zero-order chi connectivity index (χ0) is 28.2. The summed E-state index contributed by atoms with van der Waals surface area (Å²) in [5, 5.41) is 40.0. The van der Waals surface area contributed by atoms with Gasteiger partial charge in [0.05, 0.1) is 21.3 Å². The molecule has 8 N–H and O–H groups in total. The number of aromatic hydroxyl groups is 2. The van der Waals surface area contributed by atoms with E-state index in [9.17, 15) is 36.6 Å². The van der Waals surface area contributed by atoms with Gasteiger partial charge in [0.25, 0.3) is 0 Å². The number of hydrogen-bond acceptors (Lipinski definition) is 10. The van der Waals surface area contributed by atoms with Crippen molar-refractivity contribution in [1.29, 1.82) is 0 Å². The Morgan fingerprint density at radius 3 is 1.37 bits per heavy atom. The Hall–Kier alpha value is -3.72. The van der Waals surface area contributed by atoms with Gasteiger partial charge in [0, 0.05) is 38.4 Å². The molecule has 0 fully saturated rings. The number of aliphatic carboxylic acids is 2. The van der Waals surface area contributed by atoms with Crippen LogP contribution in [0.15, 0.2) is 46.2 Å². The van der Waals surface area contributed by atoms with E-state index in [1.807, 2.05) is 0 Å². The molecule has 14 heteroatoms. The van der Waals surface area contributed by atoms with Crippen LogP contribution in [-0.2, 0) is 29.3 Å². The number of nitrogens with two attached hydrogens (primary N) is 2. The molecule has 4 aromatic carbocycles. The van der Waals surface area contributed by atoms with E-state index in [1.165, 1.54) is 24.3 Å². The van der Waals surface area contributed by atoms with E-state index < -0.39 is 77.8 Å². The molecule has 0 bridgehead atoms. The normalized spacial score (nSPS) is 14.3. The molecule has 0 spiro atoms. The van der Waals surface area contributed by atoms with E-state index in [0.717, 1.165) is 12.1 Å². The van der Waals surface area contributed by atoms with Crippen LogP contribution in [0.25, 0.3) is 32.3 Å². The molecule has 0 aromatic heterocycles. The number of hydrogen-bond donors (Lipinski definition) is 6. The van der Waals surface area contributed by atoms with E-state index in [4.69, 9.17) is 21.7 Å². The Balaban J connectivity index is 2.05. The summed E-state index contributed by atoms with van der Waals surface area (Å²) < 4.78 is 53.7. The van der Waals surface area contributed by atoms with Crippen molar-refractivity contribution in [3.05, 3.63) is 36.4 Å². The van der Waals surface area contributed by atoms with Gasteiger partial charge in [-0.25, -0.2) is 16.8 Å². The van der Waals surface area contributed by atoms with Crippen LogP contribution >= 0.6 is 0 Å². The second-order valence-corrected chi connectivity index (χ2v) is 13.1. The summed E-state index contributed by atoms with van der Waals surface area (Å²) in [5.74, 6) is -4.85. The average molecular weight is 565 g/mol. The van der Waals surface area contributed by atoms with Crippen LogP contribution in [0.2, 0.25) is 0 Å². The highest BCUT2D eigenvalue weighted by Crippen LogP contribution is 2.45. The first kappa shape index (κ1) is 27.3. The minimum atomic E-state index is -4.31. The quantitative estimate of drug-likeness (QED) is 0.149. The second-order valence-electron chi connectivity index (χ2n) is 8.96. The monoisotopic (exact) mass is 564 g/mol. The molecule has 2 atom stereocenters. The molecule has 12 nitrogen and oxygen atoms in total. The minimum absolute atomic E-state index is 0.0909. The topological polar surface area (TPSA) is 235 Å². The van der Waals surface area contributed by atoms with Crippen LogP contribution < -0.4 is 11.5 Å². The van der Waals surface area contributed by atoms with E-state index >= 15 is 0 Å². The standard InChI is InChI=1S/C24H24N2O10S2/c25-15(23(29)30)5-7-37(33,34)19-10-20(38(35,36)8-6-16(26)24(31)32)14-4-2-12-18(28)9-17(27)11-1-3-13(19)22(14)21(11)12/h1-4,9-10,15-16,27-28H,5-8,25-26H2,(H,29,30)(H,31,32). The van der Waals surface area contributed by atoms with Gasteiger partial charge in [-0.2, -0.15) is 0 Å². The van der Waals surface area contributed by atoms with Crippen molar-refractivity contribution in [2.45, 2.75) is 34.7 Å². The Morgan fingerprint density at radius 1 is 0.658 bits per heavy atom. The lowest BCUT2D eigenvalue weighted by Crippen LogP contribution is -2.32. The lowest BCUT2D eigenvalue weighted by atomic mass is 9.93. The van der Waals surface area contributed by atoms with Crippen molar-refractivity contribution in [1.82, 2.24) is 0 Å². The average Bonchev–Trinajstić information content (AvgIpc) is 2.85. The molecular formula is C24H24N2O10S2. The first-order valence-corrected chi connectivity index (χ1v) is 14.5. The van der Waals surface area contributed by atoms with Crippen molar-refractivity contribution in [2.24, 2.45) is 11.5 Å². The lowest BCUT2D eigenvalue weighted by Gasteiger charge is -2.19. The molecule has 202 valence electrons. The molecule has 0 aliphatic rings. The molecule has 2 unspecified atom stereocenters. The number of carboxylic acids is 2. The van der Waals surface area contributed by atoms with Crippen LogP contribution in [0.3, 0.4) is 0 Å².